The van der Waals surface area contributed by atoms with Crippen molar-refractivity contribution in [2.75, 3.05) is 23.7 Å². The standard InChI is InChI=1S/C8H12N4O/c9-7-5-10-8(6-12(7)13)11-3-1-2-4-11/h5-6H,1-4,9H2. The number of hydrogen-bond acceptors (Lipinski definition) is 4. The number of aromatic nitrogens is 2. The number of rotatable bonds is 1. The van der Waals surface area contributed by atoms with Gasteiger partial charge in [0, 0.05) is 13.1 Å². The van der Waals surface area contributed by atoms with Crippen LogP contribution in [0.25, 0.3) is 0 Å². The van der Waals surface area contributed by atoms with Crippen molar-refractivity contribution >= 4 is 11.6 Å². The molecule has 2 rings (SSSR count). The maximum atomic E-state index is 11.1. The third-order valence-corrected chi connectivity index (χ3v) is 2.25. The van der Waals surface area contributed by atoms with Gasteiger partial charge in [0.05, 0.1) is 0 Å². The monoisotopic (exact) mass is 180 g/mol. The lowest BCUT2D eigenvalue weighted by molar-refractivity contribution is -0.589. The van der Waals surface area contributed by atoms with Gasteiger partial charge in [0.2, 0.25) is 0 Å². The third kappa shape index (κ3) is 1.49. The van der Waals surface area contributed by atoms with Crippen LogP contribution >= 0.6 is 0 Å². The van der Waals surface area contributed by atoms with Gasteiger partial charge in [0.25, 0.3) is 5.82 Å². The number of anilines is 2. The maximum absolute atomic E-state index is 11.1. The molecule has 0 saturated carbocycles. The van der Waals surface area contributed by atoms with E-state index >= 15 is 0 Å². The molecule has 0 radical (unpaired) electrons. The van der Waals surface area contributed by atoms with Crippen molar-refractivity contribution < 1.29 is 4.73 Å². The molecule has 70 valence electrons. The van der Waals surface area contributed by atoms with Crippen LogP contribution in [0.15, 0.2) is 12.4 Å². The maximum Gasteiger partial charge on any atom is 0.294 e. The SMILES string of the molecule is Nc1cnc(N2CCCC2)c[n+]1[O-]. The van der Waals surface area contributed by atoms with Crippen molar-refractivity contribution in [3.63, 3.8) is 0 Å². The second kappa shape index (κ2) is 3.08. The first-order valence-electron chi connectivity index (χ1n) is 4.37. The molecule has 0 bridgehead atoms. The Balaban J connectivity index is 2.25. The fourth-order valence-corrected chi connectivity index (χ4v) is 1.51. The van der Waals surface area contributed by atoms with Crippen molar-refractivity contribution in [2.24, 2.45) is 0 Å². The lowest BCUT2D eigenvalue weighted by Crippen LogP contribution is -2.33. The predicted octanol–water partition coefficient (Wildman–Crippen LogP) is -0.103. The van der Waals surface area contributed by atoms with Crippen molar-refractivity contribution in [3.05, 3.63) is 17.6 Å². The van der Waals surface area contributed by atoms with E-state index < -0.39 is 0 Å². The van der Waals surface area contributed by atoms with Crippen molar-refractivity contribution in [3.8, 4) is 0 Å². The average Bonchev–Trinajstić information content (AvgIpc) is 2.62. The van der Waals surface area contributed by atoms with E-state index in [4.69, 9.17) is 5.73 Å². The molecule has 0 aromatic carbocycles. The van der Waals surface area contributed by atoms with Crippen LogP contribution in [0.5, 0.6) is 0 Å². The smallest absolute Gasteiger partial charge is 0.294 e. The quantitative estimate of drug-likeness (QED) is 0.484. The minimum Gasteiger partial charge on any atom is -0.710 e. The Morgan fingerprint density at radius 1 is 1.46 bits per heavy atom. The summed E-state index contributed by atoms with van der Waals surface area (Å²) in [7, 11) is 0. The van der Waals surface area contributed by atoms with Crippen LogP contribution in [0.4, 0.5) is 11.6 Å². The van der Waals surface area contributed by atoms with Gasteiger partial charge in [-0.15, -0.1) is 0 Å². The topological polar surface area (TPSA) is 69.1 Å². The van der Waals surface area contributed by atoms with Gasteiger partial charge in [-0.3, -0.25) is 5.73 Å². The molecule has 1 saturated heterocycles. The molecule has 0 amide bonds. The Hall–Kier alpha value is -1.52. The van der Waals surface area contributed by atoms with Gasteiger partial charge in [0.15, 0.2) is 5.82 Å². The Labute approximate surface area is 76.4 Å². The highest BCUT2D eigenvalue weighted by Crippen LogP contribution is 2.15. The Morgan fingerprint density at radius 3 is 2.77 bits per heavy atom. The number of hydrogen-bond donors (Lipinski definition) is 1. The minimum absolute atomic E-state index is 0.142. The zero-order valence-electron chi connectivity index (χ0n) is 7.31. The summed E-state index contributed by atoms with van der Waals surface area (Å²) in [5.41, 5.74) is 5.36. The van der Waals surface area contributed by atoms with Gasteiger partial charge in [-0.05, 0) is 12.8 Å². The van der Waals surface area contributed by atoms with Crippen LogP contribution < -0.4 is 15.4 Å². The molecule has 0 aliphatic carbocycles. The molecule has 1 fully saturated rings. The number of nitrogens with zero attached hydrogens (tertiary/aromatic N) is 3. The van der Waals surface area contributed by atoms with E-state index in [1.807, 2.05) is 0 Å². The molecule has 13 heavy (non-hydrogen) atoms. The first kappa shape index (κ1) is 8.10. The lowest BCUT2D eigenvalue weighted by Gasteiger charge is -2.16. The highest BCUT2D eigenvalue weighted by Gasteiger charge is 2.14. The second-order valence-corrected chi connectivity index (χ2v) is 3.19. The van der Waals surface area contributed by atoms with Gasteiger partial charge in [0.1, 0.15) is 12.4 Å². The number of nitrogen functional groups attached to an aromatic ring is 1. The molecule has 1 aromatic rings. The second-order valence-electron chi connectivity index (χ2n) is 3.19. The summed E-state index contributed by atoms with van der Waals surface area (Å²) < 4.78 is 0.653. The van der Waals surface area contributed by atoms with Gasteiger partial charge < -0.3 is 10.1 Å². The van der Waals surface area contributed by atoms with Gasteiger partial charge >= 0.3 is 0 Å². The molecule has 5 nitrogen and oxygen atoms in total. The van der Waals surface area contributed by atoms with E-state index in [-0.39, 0.29) is 5.82 Å². The van der Waals surface area contributed by atoms with Crippen molar-refractivity contribution in [1.29, 1.82) is 0 Å². The molecule has 1 aliphatic rings. The summed E-state index contributed by atoms with van der Waals surface area (Å²) in [6.07, 6.45) is 5.18. The van der Waals surface area contributed by atoms with Gasteiger partial charge in [-0.25, -0.2) is 9.71 Å². The number of nitrogens with two attached hydrogens (primary N) is 1. The molecule has 2 heterocycles. The summed E-state index contributed by atoms with van der Waals surface area (Å²) in [5, 5.41) is 11.1. The lowest BCUT2D eigenvalue weighted by atomic mass is 10.4. The molecule has 0 spiro atoms. The van der Waals surface area contributed by atoms with Crippen LogP contribution in [0.1, 0.15) is 12.8 Å². The highest BCUT2D eigenvalue weighted by molar-refractivity contribution is 5.36. The Morgan fingerprint density at radius 2 is 2.15 bits per heavy atom. The van der Waals surface area contributed by atoms with E-state index in [1.54, 1.807) is 0 Å². The summed E-state index contributed by atoms with van der Waals surface area (Å²) in [5.74, 6) is 0.865. The average molecular weight is 180 g/mol. The van der Waals surface area contributed by atoms with Gasteiger partial charge in [-0.1, -0.05) is 0 Å². The summed E-state index contributed by atoms with van der Waals surface area (Å²) in [4.78, 5) is 6.19. The Kier molecular flexibility index (Phi) is 1.92. The van der Waals surface area contributed by atoms with Crippen LogP contribution in [0.2, 0.25) is 0 Å². The predicted molar refractivity (Wildman–Crippen MR) is 49.1 cm³/mol. The van der Waals surface area contributed by atoms with Crippen molar-refractivity contribution in [1.82, 2.24) is 4.98 Å². The molecule has 0 atom stereocenters. The summed E-state index contributed by atoms with van der Waals surface area (Å²) in [6.45, 7) is 1.97. The largest absolute Gasteiger partial charge is 0.710 e. The van der Waals surface area contributed by atoms with E-state index in [9.17, 15) is 5.21 Å². The zero-order valence-corrected chi connectivity index (χ0v) is 7.31. The Bertz CT molecular complexity index is 309. The van der Waals surface area contributed by atoms with E-state index in [1.165, 1.54) is 25.2 Å². The van der Waals surface area contributed by atoms with Crippen molar-refractivity contribution in [2.45, 2.75) is 12.8 Å². The zero-order chi connectivity index (χ0) is 9.26. The fraction of sp³-hybridized carbons (Fsp3) is 0.500. The normalized spacial score (nSPS) is 16.5. The molecule has 2 N–H and O–H groups in total. The molecular formula is C8H12N4O. The molecular weight excluding hydrogens is 168 g/mol. The van der Waals surface area contributed by atoms with Crippen LogP contribution in [-0.4, -0.2) is 18.1 Å². The first-order chi connectivity index (χ1) is 6.27. The molecule has 1 aromatic heterocycles. The molecule has 0 unspecified atom stereocenters. The van der Waals surface area contributed by atoms with E-state index in [0.29, 0.717) is 4.73 Å². The van der Waals surface area contributed by atoms with Crippen LogP contribution in [-0.2, 0) is 0 Å². The van der Waals surface area contributed by atoms with Crippen LogP contribution in [0, 0.1) is 5.21 Å². The van der Waals surface area contributed by atoms with E-state index in [0.717, 1.165) is 18.9 Å². The highest BCUT2D eigenvalue weighted by atomic mass is 16.5. The molecule has 5 heteroatoms. The van der Waals surface area contributed by atoms with E-state index in [2.05, 4.69) is 9.88 Å². The summed E-state index contributed by atoms with van der Waals surface area (Å²) in [6, 6.07) is 0. The summed E-state index contributed by atoms with van der Waals surface area (Å²) >= 11 is 0. The first-order valence-corrected chi connectivity index (χ1v) is 4.37. The van der Waals surface area contributed by atoms with Gasteiger partial charge in [-0.2, -0.15) is 0 Å². The minimum atomic E-state index is 0.142. The molecule has 1 aliphatic heterocycles. The third-order valence-electron chi connectivity index (χ3n) is 2.25. The fourth-order valence-electron chi connectivity index (χ4n) is 1.51. The van der Waals surface area contributed by atoms with Crippen LogP contribution in [0.3, 0.4) is 0 Å².